The van der Waals surface area contributed by atoms with Crippen LogP contribution < -0.4 is 10.9 Å². The third-order valence-electron chi connectivity index (χ3n) is 5.91. The van der Waals surface area contributed by atoms with Gasteiger partial charge in [0.15, 0.2) is 5.16 Å². The fourth-order valence-electron chi connectivity index (χ4n) is 4.11. The maximum atomic E-state index is 13.6. The Labute approximate surface area is 228 Å². The summed E-state index contributed by atoms with van der Waals surface area (Å²) in [5.41, 5.74) is -0.267. The molecule has 0 bridgehead atoms. The van der Waals surface area contributed by atoms with E-state index in [0.717, 1.165) is 30.0 Å². The van der Waals surface area contributed by atoms with E-state index in [2.05, 4.69) is 22.1 Å². The number of alkyl halides is 3. The Balaban J connectivity index is 1.61. The Kier molecular flexibility index (Phi) is 7.19. The van der Waals surface area contributed by atoms with E-state index in [0.29, 0.717) is 21.6 Å². The molecular weight excluding hydrogens is 551 g/mol. The molecule has 0 spiro atoms. The molecule has 0 saturated heterocycles. The van der Waals surface area contributed by atoms with Crippen molar-refractivity contribution in [1.29, 1.82) is 0 Å². The normalized spacial score (nSPS) is 12.5. The van der Waals surface area contributed by atoms with E-state index in [1.807, 2.05) is 0 Å². The second-order valence-electron chi connectivity index (χ2n) is 8.43. The quantitative estimate of drug-likeness (QED) is 0.182. The molecule has 2 heterocycles. The van der Waals surface area contributed by atoms with Crippen molar-refractivity contribution < 1.29 is 18.0 Å². The van der Waals surface area contributed by atoms with Crippen LogP contribution in [0.4, 0.5) is 18.9 Å². The number of halogens is 4. The summed E-state index contributed by atoms with van der Waals surface area (Å²) in [6, 6.07) is 18.4. The van der Waals surface area contributed by atoms with Gasteiger partial charge in [0.1, 0.15) is 5.25 Å². The van der Waals surface area contributed by atoms with Crippen LogP contribution in [0, 0.1) is 0 Å². The Bertz CT molecular complexity index is 1770. The highest BCUT2D eigenvalue weighted by Gasteiger charge is 2.32. The van der Waals surface area contributed by atoms with Gasteiger partial charge in [-0.1, -0.05) is 71.9 Å². The molecule has 5 aromatic rings. The third kappa shape index (κ3) is 5.15. The van der Waals surface area contributed by atoms with Crippen molar-refractivity contribution in [2.24, 2.45) is 0 Å². The summed E-state index contributed by atoms with van der Waals surface area (Å²) in [5, 5.41) is 10.8. The first-order chi connectivity index (χ1) is 18.7. The van der Waals surface area contributed by atoms with Crippen molar-refractivity contribution in [2.75, 3.05) is 5.32 Å². The highest BCUT2D eigenvalue weighted by Crippen LogP contribution is 2.38. The van der Waals surface area contributed by atoms with Gasteiger partial charge in [-0.05, 0) is 35.9 Å². The van der Waals surface area contributed by atoms with Crippen LogP contribution in [0.15, 0.2) is 95.4 Å². The Morgan fingerprint density at radius 2 is 1.79 bits per heavy atom. The van der Waals surface area contributed by atoms with Crippen molar-refractivity contribution in [3.63, 3.8) is 0 Å². The van der Waals surface area contributed by atoms with Gasteiger partial charge in [0.25, 0.3) is 5.56 Å². The SMILES string of the molecule is C=CCn1c(=O)c2ccccc2n2c(S[C@H](C(=O)Nc3cc(C(F)(F)F)ccc3Cl)c3ccccc3)nnc12. The van der Waals surface area contributed by atoms with Gasteiger partial charge in [0.05, 0.1) is 27.2 Å². The largest absolute Gasteiger partial charge is 0.416 e. The minimum absolute atomic E-state index is 0.0412. The molecule has 0 aliphatic heterocycles. The van der Waals surface area contributed by atoms with Crippen LogP contribution >= 0.6 is 23.4 Å². The molecule has 198 valence electrons. The minimum Gasteiger partial charge on any atom is -0.323 e. The lowest BCUT2D eigenvalue weighted by atomic mass is 10.1. The Hall–Kier alpha value is -4.09. The van der Waals surface area contributed by atoms with Crippen LogP contribution in [0.1, 0.15) is 16.4 Å². The number of nitrogens with one attached hydrogen (secondary N) is 1. The van der Waals surface area contributed by atoms with Crippen molar-refractivity contribution in [2.45, 2.75) is 23.1 Å². The number of para-hydroxylation sites is 1. The minimum atomic E-state index is -4.61. The highest BCUT2D eigenvalue weighted by molar-refractivity contribution is 8.00. The molecule has 1 N–H and O–H groups in total. The topological polar surface area (TPSA) is 81.3 Å². The van der Waals surface area contributed by atoms with E-state index in [4.69, 9.17) is 11.6 Å². The molecule has 0 aliphatic rings. The van der Waals surface area contributed by atoms with E-state index >= 15 is 0 Å². The number of thioether (sulfide) groups is 1. The van der Waals surface area contributed by atoms with E-state index in [9.17, 15) is 22.8 Å². The number of carbonyl (C=O) groups is 1. The molecule has 0 fully saturated rings. The van der Waals surface area contributed by atoms with Crippen LogP contribution in [0.25, 0.3) is 16.7 Å². The van der Waals surface area contributed by atoms with E-state index < -0.39 is 22.9 Å². The van der Waals surface area contributed by atoms with Crippen molar-refractivity contribution in [3.8, 4) is 0 Å². The molecule has 12 heteroatoms. The zero-order valence-corrected chi connectivity index (χ0v) is 21.6. The predicted molar refractivity (Wildman–Crippen MR) is 145 cm³/mol. The number of hydrogen-bond acceptors (Lipinski definition) is 5. The Morgan fingerprint density at radius 1 is 1.08 bits per heavy atom. The van der Waals surface area contributed by atoms with E-state index in [1.165, 1.54) is 4.57 Å². The zero-order valence-electron chi connectivity index (χ0n) is 20.0. The van der Waals surface area contributed by atoms with Gasteiger partial charge >= 0.3 is 6.18 Å². The Morgan fingerprint density at radius 3 is 2.51 bits per heavy atom. The summed E-state index contributed by atoms with van der Waals surface area (Å²) >= 11 is 7.17. The van der Waals surface area contributed by atoms with Crippen molar-refractivity contribution in [3.05, 3.63) is 112 Å². The molecule has 0 unspecified atom stereocenters. The predicted octanol–water partition coefficient (Wildman–Crippen LogP) is 6.37. The molecule has 3 aromatic carbocycles. The summed E-state index contributed by atoms with van der Waals surface area (Å²) in [6.45, 7) is 3.90. The first-order valence-electron chi connectivity index (χ1n) is 11.6. The number of aromatic nitrogens is 4. The number of hydrogen-bond donors (Lipinski definition) is 1. The fourth-order valence-corrected chi connectivity index (χ4v) is 5.31. The molecule has 39 heavy (non-hydrogen) atoms. The van der Waals surface area contributed by atoms with Gasteiger partial charge in [-0.25, -0.2) is 0 Å². The van der Waals surface area contributed by atoms with Crippen LogP contribution in [-0.2, 0) is 17.5 Å². The first kappa shape index (κ1) is 26.5. The fraction of sp³-hybridized carbons (Fsp3) is 0.111. The lowest BCUT2D eigenvalue weighted by molar-refractivity contribution is -0.137. The number of anilines is 1. The average Bonchev–Trinajstić information content (AvgIpc) is 3.34. The second-order valence-corrected chi connectivity index (χ2v) is 9.91. The van der Waals surface area contributed by atoms with Gasteiger partial charge in [0.2, 0.25) is 11.7 Å². The molecule has 0 aliphatic carbocycles. The summed E-state index contributed by atoms with van der Waals surface area (Å²) in [4.78, 5) is 26.7. The molecule has 0 saturated carbocycles. The number of fused-ring (bicyclic) bond motifs is 3. The summed E-state index contributed by atoms with van der Waals surface area (Å²) in [7, 11) is 0. The summed E-state index contributed by atoms with van der Waals surface area (Å²) < 4.78 is 43.0. The van der Waals surface area contributed by atoms with Crippen LogP contribution in [0.3, 0.4) is 0 Å². The summed E-state index contributed by atoms with van der Waals surface area (Å²) in [6.07, 6.45) is -3.04. The molecule has 1 amide bonds. The molecule has 1 atom stereocenters. The molecule has 5 rings (SSSR count). The van der Waals surface area contributed by atoms with Gasteiger partial charge < -0.3 is 5.32 Å². The van der Waals surface area contributed by atoms with Gasteiger partial charge in [-0.2, -0.15) is 13.2 Å². The van der Waals surface area contributed by atoms with Gasteiger partial charge in [-0.3, -0.25) is 18.6 Å². The third-order valence-corrected chi connectivity index (χ3v) is 7.43. The second kappa shape index (κ2) is 10.6. The number of rotatable bonds is 7. The van der Waals surface area contributed by atoms with E-state index in [-0.39, 0.29) is 28.6 Å². The van der Waals surface area contributed by atoms with Crippen molar-refractivity contribution in [1.82, 2.24) is 19.2 Å². The highest BCUT2D eigenvalue weighted by atomic mass is 35.5. The number of nitrogens with zero attached hydrogens (tertiary/aromatic N) is 4. The maximum Gasteiger partial charge on any atom is 0.416 e. The van der Waals surface area contributed by atoms with E-state index in [1.54, 1.807) is 65.1 Å². The zero-order chi connectivity index (χ0) is 27.7. The first-order valence-corrected chi connectivity index (χ1v) is 12.8. The van der Waals surface area contributed by atoms with Crippen molar-refractivity contribution >= 4 is 51.6 Å². The number of amides is 1. The molecule has 7 nitrogen and oxygen atoms in total. The smallest absolute Gasteiger partial charge is 0.323 e. The number of allylic oxidation sites excluding steroid dienone is 1. The van der Waals surface area contributed by atoms with Crippen LogP contribution in [0.2, 0.25) is 5.02 Å². The average molecular weight is 570 g/mol. The summed E-state index contributed by atoms with van der Waals surface area (Å²) in [5.74, 6) is -0.359. The van der Waals surface area contributed by atoms with Gasteiger partial charge in [-0.15, -0.1) is 16.8 Å². The maximum absolute atomic E-state index is 13.6. The van der Waals surface area contributed by atoms with Gasteiger partial charge in [0, 0.05) is 6.54 Å². The number of benzene rings is 3. The lowest BCUT2D eigenvalue weighted by Gasteiger charge is -2.18. The standard InChI is InChI=1S/C27H19ClF3N5O2S/c1-2-14-35-24(38)18-10-6-7-11-21(18)36-25(35)33-34-26(36)39-22(16-8-4-3-5-9-16)23(37)32-20-15-17(27(29,30)31)12-13-19(20)28/h2-13,15,22H,1,14H2,(H,32,37)/t22-/m0/s1. The monoisotopic (exact) mass is 569 g/mol. The lowest BCUT2D eigenvalue weighted by Crippen LogP contribution is -2.23. The number of carbonyl (C=O) groups excluding carboxylic acids is 1. The molecule has 0 radical (unpaired) electrons. The molecule has 2 aromatic heterocycles. The van der Waals surface area contributed by atoms with Crippen LogP contribution in [0.5, 0.6) is 0 Å². The van der Waals surface area contributed by atoms with Crippen LogP contribution in [-0.4, -0.2) is 25.1 Å². The molecular formula is C27H19ClF3N5O2S.